The number of hydrogen-bond acceptors (Lipinski definition) is 3. The van der Waals surface area contributed by atoms with Crippen LogP contribution in [-0.4, -0.2) is 40.8 Å². The van der Waals surface area contributed by atoms with Gasteiger partial charge in [0.1, 0.15) is 0 Å². The molecule has 1 aliphatic carbocycles. The molecule has 1 amide bonds. The largest absolute Gasteiger partial charge is 0.353 e. The summed E-state index contributed by atoms with van der Waals surface area (Å²) in [5.74, 6) is 0.141. The van der Waals surface area contributed by atoms with Crippen molar-refractivity contribution < 1.29 is 9.00 Å². The van der Waals surface area contributed by atoms with Gasteiger partial charge in [-0.2, -0.15) is 0 Å². The number of rotatable bonds is 8. The average Bonchev–Trinajstić information content (AvgIpc) is 3.00. The third-order valence-electron chi connectivity index (χ3n) is 2.77. The first kappa shape index (κ1) is 13.6. The van der Waals surface area contributed by atoms with E-state index in [0.717, 1.165) is 25.8 Å². The maximum atomic E-state index is 11.3. The van der Waals surface area contributed by atoms with Crippen LogP contribution in [0.15, 0.2) is 0 Å². The molecule has 1 fully saturated rings. The fourth-order valence-corrected chi connectivity index (χ4v) is 1.78. The van der Waals surface area contributed by atoms with Crippen molar-refractivity contribution in [3.8, 4) is 0 Å². The molecule has 1 aliphatic rings. The molecule has 0 aromatic heterocycles. The Balaban J connectivity index is 1.90. The molecule has 4 nitrogen and oxygen atoms in total. The van der Waals surface area contributed by atoms with Crippen molar-refractivity contribution >= 4 is 16.7 Å². The summed E-state index contributed by atoms with van der Waals surface area (Å²) in [4.78, 5) is 11.3. The van der Waals surface area contributed by atoms with Gasteiger partial charge < -0.3 is 10.6 Å². The minimum Gasteiger partial charge on any atom is -0.353 e. The minimum atomic E-state index is -0.743. The van der Waals surface area contributed by atoms with E-state index in [1.807, 2.05) is 6.92 Å². The standard InChI is InChI=1S/C11H22N2O2S/c1-9(16(2)15)5-7-12-8-6-11(14)13-10-3-4-10/h9-10,12H,3-8H2,1-2H3,(H,13,14). The van der Waals surface area contributed by atoms with Crippen LogP contribution in [0.25, 0.3) is 0 Å². The Kier molecular flexibility index (Phi) is 5.98. The summed E-state index contributed by atoms with van der Waals surface area (Å²) in [6.45, 7) is 3.52. The summed E-state index contributed by atoms with van der Waals surface area (Å²) < 4.78 is 11.1. The second-order valence-corrected chi connectivity index (χ2v) is 6.24. The molecule has 1 rings (SSSR count). The molecule has 0 bridgehead atoms. The van der Waals surface area contributed by atoms with Gasteiger partial charge in [0.15, 0.2) is 0 Å². The van der Waals surface area contributed by atoms with Crippen molar-refractivity contribution in [2.75, 3.05) is 19.3 Å². The Morgan fingerprint density at radius 2 is 2.12 bits per heavy atom. The number of amides is 1. The first-order valence-electron chi connectivity index (χ1n) is 5.92. The summed E-state index contributed by atoms with van der Waals surface area (Å²) in [7, 11) is -0.743. The zero-order valence-electron chi connectivity index (χ0n) is 10.1. The van der Waals surface area contributed by atoms with E-state index in [2.05, 4.69) is 10.6 Å². The quantitative estimate of drug-likeness (QED) is 0.610. The molecule has 2 unspecified atom stereocenters. The van der Waals surface area contributed by atoms with Gasteiger partial charge in [-0.05, 0) is 25.8 Å². The van der Waals surface area contributed by atoms with Gasteiger partial charge in [-0.25, -0.2) is 0 Å². The molecule has 0 aromatic carbocycles. The van der Waals surface area contributed by atoms with Gasteiger partial charge in [0.05, 0.1) is 0 Å². The van der Waals surface area contributed by atoms with Gasteiger partial charge in [0, 0.05) is 41.3 Å². The highest BCUT2D eigenvalue weighted by Gasteiger charge is 2.22. The number of carbonyl (C=O) groups excluding carboxylic acids is 1. The van der Waals surface area contributed by atoms with Crippen LogP contribution in [0.3, 0.4) is 0 Å². The molecular formula is C11H22N2O2S. The second kappa shape index (κ2) is 7.01. The van der Waals surface area contributed by atoms with Crippen molar-refractivity contribution in [1.29, 1.82) is 0 Å². The maximum absolute atomic E-state index is 11.3. The molecule has 94 valence electrons. The molecule has 0 radical (unpaired) electrons. The van der Waals surface area contributed by atoms with Crippen molar-refractivity contribution in [3.63, 3.8) is 0 Å². The molecular weight excluding hydrogens is 224 g/mol. The summed E-state index contributed by atoms with van der Waals surface area (Å²) in [6.07, 6.45) is 5.44. The summed E-state index contributed by atoms with van der Waals surface area (Å²) in [5.41, 5.74) is 0. The molecule has 1 saturated carbocycles. The Morgan fingerprint density at radius 1 is 1.44 bits per heavy atom. The topological polar surface area (TPSA) is 58.2 Å². The summed E-state index contributed by atoms with van der Waals surface area (Å²) in [5, 5.41) is 6.37. The van der Waals surface area contributed by atoms with E-state index in [4.69, 9.17) is 0 Å². The van der Waals surface area contributed by atoms with Gasteiger partial charge in [0.2, 0.25) is 5.91 Å². The SMILES string of the molecule is CC(CCNCCC(=O)NC1CC1)S(C)=O. The fraction of sp³-hybridized carbons (Fsp3) is 0.909. The van der Waals surface area contributed by atoms with Crippen LogP contribution >= 0.6 is 0 Å². The maximum Gasteiger partial charge on any atom is 0.221 e. The Labute approximate surface area is 100 Å². The van der Waals surface area contributed by atoms with Gasteiger partial charge >= 0.3 is 0 Å². The van der Waals surface area contributed by atoms with Crippen LogP contribution in [0.1, 0.15) is 32.6 Å². The predicted molar refractivity (Wildman–Crippen MR) is 66.8 cm³/mol. The molecule has 0 aromatic rings. The Hall–Kier alpha value is -0.420. The highest BCUT2D eigenvalue weighted by molar-refractivity contribution is 7.84. The van der Waals surface area contributed by atoms with Crippen LogP contribution in [0.2, 0.25) is 0 Å². The lowest BCUT2D eigenvalue weighted by Crippen LogP contribution is -2.30. The van der Waals surface area contributed by atoms with E-state index >= 15 is 0 Å². The van der Waals surface area contributed by atoms with Crippen molar-refractivity contribution in [2.45, 2.75) is 43.9 Å². The van der Waals surface area contributed by atoms with E-state index in [1.54, 1.807) is 6.26 Å². The molecule has 0 saturated heterocycles. The zero-order valence-corrected chi connectivity index (χ0v) is 10.9. The van der Waals surface area contributed by atoms with E-state index in [-0.39, 0.29) is 11.2 Å². The van der Waals surface area contributed by atoms with E-state index in [9.17, 15) is 9.00 Å². The molecule has 0 heterocycles. The van der Waals surface area contributed by atoms with Crippen molar-refractivity contribution in [3.05, 3.63) is 0 Å². The van der Waals surface area contributed by atoms with E-state index in [0.29, 0.717) is 19.0 Å². The molecule has 2 atom stereocenters. The third kappa shape index (κ3) is 6.23. The van der Waals surface area contributed by atoms with Gasteiger partial charge in [-0.1, -0.05) is 6.92 Å². The normalized spacial score (nSPS) is 19.1. The van der Waals surface area contributed by atoms with Gasteiger partial charge in [-0.3, -0.25) is 9.00 Å². The lowest BCUT2D eigenvalue weighted by atomic mass is 10.3. The fourth-order valence-electron chi connectivity index (χ4n) is 1.33. The zero-order chi connectivity index (χ0) is 12.0. The molecule has 2 N–H and O–H groups in total. The van der Waals surface area contributed by atoms with Crippen LogP contribution < -0.4 is 10.6 Å². The molecule has 5 heteroatoms. The Bertz CT molecular complexity index is 254. The van der Waals surface area contributed by atoms with Crippen LogP contribution in [0, 0.1) is 0 Å². The van der Waals surface area contributed by atoms with Crippen LogP contribution in [-0.2, 0) is 15.6 Å². The lowest BCUT2D eigenvalue weighted by Gasteiger charge is -2.09. The molecule has 0 spiro atoms. The number of nitrogens with one attached hydrogen (secondary N) is 2. The lowest BCUT2D eigenvalue weighted by molar-refractivity contribution is -0.121. The summed E-state index contributed by atoms with van der Waals surface area (Å²) in [6, 6.07) is 0.454. The first-order valence-corrected chi connectivity index (χ1v) is 7.54. The van der Waals surface area contributed by atoms with E-state index < -0.39 is 10.8 Å². The van der Waals surface area contributed by atoms with Gasteiger partial charge in [-0.15, -0.1) is 0 Å². The van der Waals surface area contributed by atoms with Crippen LogP contribution in [0.4, 0.5) is 0 Å². The van der Waals surface area contributed by atoms with Crippen LogP contribution in [0.5, 0.6) is 0 Å². The predicted octanol–water partition coefficient (Wildman–Crippen LogP) is 0.402. The number of hydrogen-bond donors (Lipinski definition) is 2. The van der Waals surface area contributed by atoms with Gasteiger partial charge in [0.25, 0.3) is 0 Å². The molecule has 16 heavy (non-hydrogen) atoms. The van der Waals surface area contributed by atoms with E-state index in [1.165, 1.54) is 0 Å². The molecule has 0 aliphatic heterocycles. The minimum absolute atomic E-state index is 0.141. The second-order valence-electron chi connectivity index (χ2n) is 4.44. The number of carbonyl (C=O) groups is 1. The third-order valence-corrected chi connectivity index (χ3v) is 4.13. The monoisotopic (exact) mass is 246 g/mol. The smallest absolute Gasteiger partial charge is 0.221 e. The summed E-state index contributed by atoms with van der Waals surface area (Å²) >= 11 is 0. The highest BCUT2D eigenvalue weighted by atomic mass is 32.2. The van der Waals surface area contributed by atoms with Crippen molar-refractivity contribution in [2.24, 2.45) is 0 Å². The average molecular weight is 246 g/mol. The van der Waals surface area contributed by atoms with Crippen molar-refractivity contribution in [1.82, 2.24) is 10.6 Å². The first-order chi connectivity index (χ1) is 7.59. The highest BCUT2D eigenvalue weighted by Crippen LogP contribution is 2.18. The Morgan fingerprint density at radius 3 is 2.69 bits per heavy atom.